The first-order valence-corrected chi connectivity index (χ1v) is 11.0. The summed E-state index contributed by atoms with van der Waals surface area (Å²) in [4.78, 5) is 29.8. The van der Waals surface area contributed by atoms with Crippen LogP contribution in [-0.4, -0.2) is 78.2 Å². The standard InChI is InChI=1S/C24H25ClN2O6/c1-32-17-4-2-3-15(13-17)21-20(22(29)18-14-16(25)5-6-19(18)28)23(30)24(31)27(21)8-7-26-9-11-33-12-10-26/h2-6,13-14,21,28-29H,7-12H2,1H3/t21-/m1/s1. The van der Waals surface area contributed by atoms with Gasteiger partial charge in [0.15, 0.2) is 0 Å². The van der Waals surface area contributed by atoms with Crippen molar-refractivity contribution >= 4 is 29.1 Å². The van der Waals surface area contributed by atoms with Crippen molar-refractivity contribution < 1.29 is 29.3 Å². The topological polar surface area (TPSA) is 99.5 Å². The van der Waals surface area contributed by atoms with Crippen molar-refractivity contribution in [3.05, 3.63) is 64.2 Å². The number of benzene rings is 2. The summed E-state index contributed by atoms with van der Waals surface area (Å²) >= 11 is 6.05. The lowest BCUT2D eigenvalue weighted by Crippen LogP contribution is -2.42. The van der Waals surface area contributed by atoms with E-state index in [2.05, 4.69) is 4.90 Å². The van der Waals surface area contributed by atoms with Crippen LogP contribution < -0.4 is 4.74 Å². The Morgan fingerprint density at radius 2 is 1.91 bits per heavy atom. The Balaban J connectivity index is 1.79. The molecule has 8 nitrogen and oxygen atoms in total. The van der Waals surface area contributed by atoms with Crippen LogP contribution in [0.2, 0.25) is 5.02 Å². The van der Waals surface area contributed by atoms with Crippen LogP contribution in [0.4, 0.5) is 0 Å². The summed E-state index contributed by atoms with van der Waals surface area (Å²) in [7, 11) is 1.53. The summed E-state index contributed by atoms with van der Waals surface area (Å²) < 4.78 is 10.7. The highest BCUT2D eigenvalue weighted by atomic mass is 35.5. The second kappa shape index (κ2) is 9.82. The largest absolute Gasteiger partial charge is 0.507 e. The fourth-order valence-corrected chi connectivity index (χ4v) is 4.36. The Labute approximate surface area is 196 Å². The SMILES string of the molecule is COc1cccc([C@@H]2C(=C(O)c3cc(Cl)ccc3O)C(=O)C(=O)N2CCN2CCOCC2)c1. The van der Waals surface area contributed by atoms with Crippen LogP contribution in [0, 0.1) is 0 Å². The van der Waals surface area contributed by atoms with Crippen LogP contribution in [0.15, 0.2) is 48.0 Å². The minimum atomic E-state index is -0.848. The van der Waals surface area contributed by atoms with Crippen LogP contribution in [0.25, 0.3) is 5.76 Å². The van der Waals surface area contributed by atoms with Gasteiger partial charge in [-0.15, -0.1) is 0 Å². The van der Waals surface area contributed by atoms with Gasteiger partial charge in [-0.1, -0.05) is 23.7 Å². The number of phenols is 1. The molecule has 0 spiro atoms. The maximum absolute atomic E-state index is 13.1. The lowest BCUT2D eigenvalue weighted by atomic mass is 9.95. The number of phenolic OH excluding ortho intramolecular Hbond substituents is 1. The molecule has 33 heavy (non-hydrogen) atoms. The number of aliphatic hydroxyl groups excluding tert-OH is 1. The Morgan fingerprint density at radius 3 is 2.64 bits per heavy atom. The van der Waals surface area contributed by atoms with Crippen molar-refractivity contribution in [3.63, 3.8) is 0 Å². The first-order chi connectivity index (χ1) is 15.9. The molecule has 0 saturated carbocycles. The van der Waals surface area contributed by atoms with Gasteiger partial charge < -0.3 is 24.6 Å². The number of likely N-dealkylation sites (tertiary alicyclic amines) is 1. The zero-order valence-corrected chi connectivity index (χ0v) is 18.9. The molecule has 174 valence electrons. The van der Waals surface area contributed by atoms with Crippen molar-refractivity contribution in [2.75, 3.05) is 46.5 Å². The molecule has 2 aliphatic heterocycles. The highest BCUT2D eigenvalue weighted by Gasteiger charge is 2.46. The number of carbonyl (C=O) groups is 2. The second-order valence-electron chi connectivity index (χ2n) is 7.88. The van der Waals surface area contributed by atoms with Gasteiger partial charge in [-0.25, -0.2) is 0 Å². The lowest BCUT2D eigenvalue weighted by molar-refractivity contribution is -0.140. The molecule has 1 atom stereocenters. The van der Waals surface area contributed by atoms with Gasteiger partial charge in [0.1, 0.15) is 17.3 Å². The van der Waals surface area contributed by atoms with Crippen LogP contribution >= 0.6 is 11.6 Å². The van der Waals surface area contributed by atoms with E-state index >= 15 is 0 Å². The van der Waals surface area contributed by atoms with Gasteiger partial charge in [-0.2, -0.15) is 0 Å². The number of amides is 1. The summed E-state index contributed by atoms with van der Waals surface area (Å²) in [5, 5.41) is 21.7. The minimum absolute atomic E-state index is 0.0124. The van der Waals surface area contributed by atoms with Crippen molar-refractivity contribution in [1.82, 2.24) is 9.80 Å². The normalized spacial score (nSPS) is 20.9. The highest BCUT2D eigenvalue weighted by molar-refractivity contribution is 6.46. The van der Waals surface area contributed by atoms with Crippen molar-refractivity contribution in [2.45, 2.75) is 6.04 Å². The first-order valence-electron chi connectivity index (χ1n) is 10.6. The third-order valence-electron chi connectivity index (χ3n) is 5.92. The van der Waals surface area contributed by atoms with E-state index in [1.807, 2.05) is 0 Å². The number of aromatic hydroxyl groups is 1. The average molecular weight is 473 g/mol. The van der Waals surface area contributed by atoms with E-state index in [4.69, 9.17) is 21.1 Å². The fraction of sp³-hybridized carbons (Fsp3) is 0.333. The number of ketones is 1. The van der Waals surface area contributed by atoms with Crippen molar-refractivity contribution in [1.29, 1.82) is 0 Å². The molecule has 2 aliphatic rings. The molecule has 0 bridgehead atoms. The van der Waals surface area contributed by atoms with Crippen LogP contribution in [0.1, 0.15) is 17.2 Å². The van der Waals surface area contributed by atoms with Crippen LogP contribution in [0.3, 0.4) is 0 Å². The molecule has 0 aromatic heterocycles. The summed E-state index contributed by atoms with van der Waals surface area (Å²) in [5.41, 5.74) is 0.493. The predicted octanol–water partition coefficient (Wildman–Crippen LogP) is 2.81. The van der Waals surface area contributed by atoms with E-state index < -0.39 is 23.5 Å². The van der Waals surface area contributed by atoms with Gasteiger partial charge in [-0.05, 0) is 35.9 Å². The number of morpholine rings is 1. The van der Waals surface area contributed by atoms with Crippen LogP contribution in [-0.2, 0) is 14.3 Å². The molecule has 2 fully saturated rings. The Hall–Kier alpha value is -3.07. The van der Waals surface area contributed by atoms with Gasteiger partial charge in [0.2, 0.25) is 0 Å². The smallest absolute Gasteiger partial charge is 0.295 e. The maximum atomic E-state index is 13.1. The molecule has 2 aromatic carbocycles. The number of rotatable bonds is 6. The molecule has 1 amide bonds. The van der Waals surface area contributed by atoms with E-state index in [1.54, 1.807) is 24.3 Å². The van der Waals surface area contributed by atoms with Crippen LogP contribution in [0.5, 0.6) is 11.5 Å². The molecule has 2 aromatic rings. The summed E-state index contributed by atoms with van der Waals surface area (Å²) in [6.45, 7) is 3.55. The Kier molecular flexibility index (Phi) is 6.88. The van der Waals surface area contributed by atoms with Gasteiger partial charge in [0.25, 0.3) is 11.7 Å². The third-order valence-corrected chi connectivity index (χ3v) is 6.16. The molecule has 2 saturated heterocycles. The van der Waals surface area contributed by atoms with Gasteiger partial charge in [0, 0.05) is 31.2 Å². The number of halogens is 1. The first kappa shape index (κ1) is 23.1. The molecule has 2 heterocycles. The summed E-state index contributed by atoms with van der Waals surface area (Å²) in [5.74, 6) is -1.70. The zero-order valence-electron chi connectivity index (χ0n) is 18.2. The zero-order chi connectivity index (χ0) is 23.5. The quantitative estimate of drug-likeness (QED) is 0.379. The second-order valence-corrected chi connectivity index (χ2v) is 8.32. The average Bonchev–Trinajstić information content (AvgIpc) is 3.09. The van der Waals surface area contributed by atoms with Crippen molar-refractivity contribution in [3.8, 4) is 11.5 Å². The molecule has 0 radical (unpaired) electrons. The number of hydrogen-bond acceptors (Lipinski definition) is 7. The number of hydrogen-bond donors (Lipinski definition) is 2. The lowest BCUT2D eigenvalue weighted by Gasteiger charge is -2.31. The van der Waals surface area contributed by atoms with Crippen molar-refractivity contribution in [2.24, 2.45) is 0 Å². The molecule has 2 N–H and O–H groups in total. The van der Waals surface area contributed by atoms with E-state index in [-0.39, 0.29) is 28.5 Å². The van der Waals surface area contributed by atoms with E-state index in [0.29, 0.717) is 31.1 Å². The third kappa shape index (κ3) is 4.68. The minimum Gasteiger partial charge on any atom is -0.507 e. The molecular weight excluding hydrogens is 448 g/mol. The molecular formula is C24H25ClN2O6. The predicted molar refractivity (Wildman–Crippen MR) is 122 cm³/mol. The number of methoxy groups -OCH3 is 1. The maximum Gasteiger partial charge on any atom is 0.295 e. The van der Waals surface area contributed by atoms with E-state index in [1.165, 1.54) is 30.2 Å². The van der Waals surface area contributed by atoms with Gasteiger partial charge in [0.05, 0.1) is 37.5 Å². The monoisotopic (exact) mass is 472 g/mol. The Morgan fingerprint density at radius 1 is 1.15 bits per heavy atom. The van der Waals surface area contributed by atoms with E-state index in [0.717, 1.165) is 13.1 Å². The number of nitrogens with zero attached hydrogens (tertiary/aromatic N) is 2. The molecule has 9 heteroatoms. The number of Topliss-reactive ketones (excluding diaryl/α,β-unsaturated/α-hetero) is 1. The highest BCUT2D eigenvalue weighted by Crippen LogP contribution is 2.41. The molecule has 4 rings (SSSR count). The van der Waals surface area contributed by atoms with E-state index in [9.17, 15) is 19.8 Å². The molecule has 0 unspecified atom stereocenters. The molecule has 0 aliphatic carbocycles. The van der Waals surface area contributed by atoms with Gasteiger partial charge >= 0.3 is 0 Å². The van der Waals surface area contributed by atoms with Gasteiger partial charge in [-0.3, -0.25) is 14.5 Å². The number of carbonyl (C=O) groups excluding carboxylic acids is 2. The fourth-order valence-electron chi connectivity index (χ4n) is 4.19. The summed E-state index contributed by atoms with van der Waals surface area (Å²) in [6, 6.07) is 10.3. The summed E-state index contributed by atoms with van der Waals surface area (Å²) in [6.07, 6.45) is 0. The Bertz CT molecular complexity index is 1100. The number of aliphatic hydroxyl groups is 1. The number of ether oxygens (including phenoxy) is 2.